The first-order chi connectivity index (χ1) is 11.6. The van der Waals surface area contributed by atoms with Gasteiger partial charge in [-0.3, -0.25) is 0 Å². The van der Waals surface area contributed by atoms with E-state index in [1.807, 2.05) is 42.5 Å². The third kappa shape index (κ3) is 2.50. The van der Waals surface area contributed by atoms with Crippen LogP contribution in [0.3, 0.4) is 0 Å². The number of carbonyl (C=O) groups is 1. The van der Waals surface area contributed by atoms with Gasteiger partial charge < -0.3 is 9.84 Å². The fourth-order valence-corrected chi connectivity index (χ4v) is 4.51. The normalized spacial score (nSPS) is 22.6. The summed E-state index contributed by atoms with van der Waals surface area (Å²) in [6.45, 7) is 0. The number of rotatable bonds is 2. The highest BCUT2D eigenvalue weighted by molar-refractivity contribution is 8.04. The average Bonchev–Trinajstić information content (AvgIpc) is 2.91. The monoisotopic (exact) mass is 358 g/mol. The van der Waals surface area contributed by atoms with Gasteiger partial charge in [-0.15, -0.1) is 0 Å². The van der Waals surface area contributed by atoms with Crippen molar-refractivity contribution in [1.29, 1.82) is 0 Å². The summed E-state index contributed by atoms with van der Waals surface area (Å²) in [5.41, 5.74) is 1.45. The fourth-order valence-electron chi connectivity index (χ4n) is 3.41. The van der Waals surface area contributed by atoms with Gasteiger partial charge in [-0.2, -0.15) is 0 Å². The number of benzene rings is 2. The molecule has 0 saturated heterocycles. The van der Waals surface area contributed by atoms with Crippen LogP contribution in [0.5, 0.6) is 0 Å². The second-order valence-corrected chi connectivity index (χ2v) is 7.49. The molecule has 0 unspecified atom stereocenters. The van der Waals surface area contributed by atoms with Gasteiger partial charge in [0.25, 0.3) is 0 Å². The number of ether oxygens (including phenoxy) is 1. The van der Waals surface area contributed by atoms with Crippen LogP contribution in [0.15, 0.2) is 64.1 Å². The molecule has 1 heterocycles. The van der Waals surface area contributed by atoms with Crippen LogP contribution in [0, 0.1) is 0 Å². The van der Waals surface area contributed by atoms with E-state index < -0.39 is 11.6 Å². The predicted molar refractivity (Wildman–Crippen MR) is 94.1 cm³/mol. The van der Waals surface area contributed by atoms with Crippen molar-refractivity contribution in [2.24, 2.45) is 0 Å². The Hall–Kier alpha value is -1.91. The number of hydrogen-bond donors (Lipinski definition) is 1. The summed E-state index contributed by atoms with van der Waals surface area (Å²) < 4.78 is 5.84. The van der Waals surface area contributed by atoms with Crippen molar-refractivity contribution in [3.05, 3.63) is 75.3 Å². The summed E-state index contributed by atoms with van der Waals surface area (Å²) in [6, 6.07) is 15.2. The van der Waals surface area contributed by atoms with Crippen molar-refractivity contribution in [2.75, 3.05) is 0 Å². The number of hydrogen-bond acceptors (Lipinski definition) is 4. The molecule has 122 valence electrons. The molecule has 3 nitrogen and oxygen atoms in total. The summed E-state index contributed by atoms with van der Waals surface area (Å²) in [6.07, 6.45) is 1.86. The molecule has 5 heteroatoms. The molecular weight excluding hydrogens is 344 g/mol. The standard InChI is InChI=1S/C19H15ClO3S/c20-14-7-3-4-8-16(14)24-17-15(21)11-19(23-18(17)22)10-9-12-5-1-2-6-13(12)19/h1-8,21H,9-11H2/t19-/m1/s1. The number of carbonyl (C=O) groups excluding carboxylic acids is 1. The molecule has 0 amide bonds. The smallest absolute Gasteiger partial charge is 0.349 e. The van der Waals surface area contributed by atoms with Gasteiger partial charge >= 0.3 is 5.97 Å². The lowest BCUT2D eigenvalue weighted by Gasteiger charge is -2.34. The molecule has 24 heavy (non-hydrogen) atoms. The van der Waals surface area contributed by atoms with Gasteiger partial charge in [0.1, 0.15) is 16.3 Å². The molecule has 0 bridgehead atoms. The van der Waals surface area contributed by atoms with Crippen molar-refractivity contribution < 1.29 is 14.6 Å². The Balaban J connectivity index is 1.68. The van der Waals surface area contributed by atoms with Crippen LogP contribution in [-0.2, 0) is 21.6 Å². The van der Waals surface area contributed by atoms with Crippen molar-refractivity contribution in [2.45, 2.75) is 29.8 Å². The van der Waals surface area contributed by atoms with Crippen molar-refractivity contribution in [1.82, 2.24) is 0 Å². The second-order valence-electron chi connectivity index (χ2n) is 6.03. The number of thioether (sulfide) groups is 1. The van der Waals surface area contributed by atoms with Crippen LogP contribution in [0.4, 0.5) is 0 Å². The maximum absolute atomic E-state index is 12.6. The topological polar surface area (TPSA) is 46.5 Å². The van der Waals surface area contributed by atoms with E-state index in [2.05, 4.69) is 0 Å². The third-order valence-electron chi connectivity index (χ3n) is 4.54. The molecule has 0 aromatic heterocycles. The molecule has 0 radical (unpaired) electrons. The molecule has 1 atom stereocenters. The molecule has 2 aliphatic rings. The molecule has 1 N–H and O–H groups in total. The van der Waals surface area contributed by atoms with Crippen molar-refractivity contribution in [3.63, 3.8) is 0 Å². The van der Waals surface area contributed by atoms with Crippen LogP contribution >= 0.6 is 23.4 Å². The predicted octanol–water partition coefficient (Wildman–Crippen LogP) is 4.99. The minimum absolute atomic E-state index is 0.0767. The first-order valence-electron chi connectivity index (χ1n) is 7.75. The Morgan fingerprint density at radius 2 is 1.88 bits per heavy atom. The van der Waals surface area contributed by atoms with Gasteiger partial charge in [0, 0.05) is 4.90 Å². The zero-order valence-corrected chi connectivity index (χ0v) is 14.4. The van der Waals surface area contributed by atoms with Crippen LogP contribution in [-0.4, -0.2) is 11.1 Å². The van der Waals surface area contributed by atoms with E-state index in [4.69, 9.17) is 16.3 Å². The van der Waals surface area contributed by atoms with Gasteiger partial charge in [-0.25, -0.2) is 4.79 Å². The Morgan fingerprint density at radius 3 is 2.67 bits per heavy atom. The van der Waals surface area contributed by atoms with Crippen LogP contribution in [0.1, 0.15) is 24.0 Å². The number of aliphatic hydroxyl groups is 1. The minimum Gasteiger partial charge on any atom is -0.511 e. The number of halogens is 1. The van der Waals surface area contributed by atoms with E-state index in [0.717, 1.165) is 28.6 Å². The zero-order valence-electron chi connectivity index (χ0n) is 12.8. The van der Waals surface area contributed by atoms with Gasteiger partial charge in [-0.1, -0.05) is 59.8 Å². The van der Waals surface area contributed by atoms with E-state index in [9.17, 15) is 9.90 Å². The summed E-state index contributed by atoms with van der Waals surface area (Å²) in [5, 5.41) is 11.1. The summed E-state index contributed by atoms with van der Waals surface area (Å²) in [5.74, 6) is -0.409. The van der Waals surface area contributed by atoms with Gasteiger partial charge in [0.2, 0.25) is 0 Å². The molecule has 2 aromatic carbocycles. The maximum Gasteiger partial charge on any atom is 0.349 e. The molecule has 1 aliphatic carbocycles. The Kier molecular flexibility index (Phi) is 3.82. The number of fused-ring (bicyclic) bond motifs is 2. The van der Waals surface area contributed by atoms with Crippen LogP contribution in [0.25, 0.3) is 0 Å². The third-order valence-corrected chi connectivity index (χ3v) is 6.17. The Morgan fingerprint density at radius 1 is 1.12 bits per heavy atom. The quantitative estimate of drug-likeness (QED) is 0.768. The van der Waals surface area contributed by atoms with Gasteiger partial charge in [0.05, 0.1) is 11.4 Å². The van der Waals surface area contributed by atoms with E-state index in [-0.39, 0.29) is 10.7 Å². The Bertz CT molecular complexity index is 861. The molecule has 1 spiro atoms. The highest BCUT2D eigenvalue weighted by atomic mass is 35.5. The van der Waals surface area contributed by atoms with Crippen molar-refractivity contribution in [3.8, 4) is 0 Å². The lowest BCUT2D eigenvalue weighted by Crippen LogP contribution is -2.35. The highest BCUT2D eigenvalue weighted by Gasteiger charge is 2.47. The highest BCUT2D eigenvalue weighted by Crippen LogP contribution is 2.49. The van der Waals surface area contributed by atoms with E-state index in [1.54, 1.807) is 6.07 Å². The molecular formula is C19H15ClO3S. The minimum atomic E-state index is -0.734. The average molecular weight is 359 g/mol. The summed E-state index contributed by atoms with van der Waals surface area (Å²) >= 11 is 7.30. The largest absolute Gasteiger partial charge is 0.511 e. The van der Waals surface area contributed by atoms with Crippen molar-refractivity contribution >= 4 is 29.3 Å². The summed E-state index contributed by atoms with van der Waals surface area (Å²) in [4.78, 5) is 13.5. The zero-order chi connectivity index (χ0) is 16.7. The molecule has 0 fully saturated rings. The van der Waals surface area contributed by atoms with E-state index in [0.29, 0.717) is 17.9 Å². The first kappa shape index (κ1) is 15.6. The molecule has 4 rings (SSSR count). The van der Waals surface area contributed by atoms with Gasteiger partial charge in [-0.05, 0) is 36.1 Å². The number of esters is 1. The second kappa shape index (κ2) is 5.87. The Labute approximate surface area is 149 Å². The van der Waals surface area contributed by atoms with E-state index >= 15 is 0 Å². The first-order valence-corrected chi connectivity index (χ1v) is 8.95. The van der Waals surface area contributed by atoms with Crippen LogP contribution in [0.2, 0.25) is 5.02 Å². The van der Waals surface area contributed by atoms with Gasteiger partial charge in [0.15, 0.2) is 0 Å². The fraction of sp³-hybridized carbons (Fsp3) is 0.211. The lowest BCUT2D eigenvalue weighted by molar-refractivity contribution is -0.158. The SMILES string of the molecule is O=C1O[C@]2(CCc3ccccc32)CC(O)=C1Sc1ccccc1Cl. The molecule has 2 aromatic rings. The summed E-state index contributed by atoms with van der Waals surface area (Å²) in [7, 11) is 0. The molecule has 1 aliphatic heterocycles. The number of aliphatic hydroxyl groups excluding tert-OH is 1. The lowest BCUT2D eigenvalue weighted by atomic mass is 9.89. The maximum atomic E-state index is 12.6. The molecule has 0 saturated carbocycles. The van der Waals surface area contributed by atoms with E-state index in [1.165, 1.54) is 5.56 Å². The number of aryl methyl sites for hydroxylation is 1. The van der Waals surface area contributed by atoms with Crippen LogP contribution < -0.4 is 0 Å².